The molecule has 3 aliphatic heterocycles. The van der Waals surface area contributed by atoms with Crippen LogP contribution in [0.4, 0.5) is 24.5 Å². The summed E-state index contributed by atoms with van der Waals surface area (Å²) >= 11 is 41.0. The number of β-amino-alcohol motifs (C(OH)–C–C–N with tert-alkyl or cyclic N) is 1. The van der Waals surface area contributed by atoms with Crippen molar-refractivity contribution in [2.24, 2.45) is 17.2 Å². The number of likely N-dealkylation sites (N-methyl/N-ethyl adjacent to an activating group) is 1. The van der Waals surface area contributed by atoms with Crippen LogP contribution < -0.4 is 71.0 Å². The monoisotopic (exact) mass is 1890 g/mol. The SMILES string of the molecule is COc1cc2nccc(Oc3ccc(CC(=S)N4CC(C)(O)C4)c(Cl)c3)c2cc1C(N)=O.COc1cc2nccc(Oc3ccc(CC(=S)N4CC(F)(F)C4)cc3F)c2cc1C(N)=O.COc1cc2nccc(Oc3ccc(NC(=S)N4CCN(C)CC4)c(Cl)c3)c2cc1C(N)=O.COc1cc2nccc(Oc3ccc(NC(=S)NC4CC4)c(Cl)c3)c2cc1C(=O)N(C)C. The molecular formula is C91H87Cl3F3N15O13S4. The van der Waals surface area contributed by atoms with Crippen molar-refractivity contribution < 1.29 is 75.4 Å². The zero-order valence-corrected chi connectivity index (χ0v) is 76.3. The van der Waals surface area contributed by atoms with Gasteiger partial charge >= 0.3 is 0 Å². The number of carbonyl (C=O) groups excluding carboxylic acids is 4. The van der Waals surface area contributed by atoms with E-state index in [1.54, 1.807) is 143 Å². The van der Waals surface area contributed by atoms with Gasteiger partial charge in [-0.1, -0.05) is 71.4 Å². The van der Waals surface area contributed by atoms with Crippen molar-refractivity contribution in [1.29, 1.82) is 0 Å². The number of rotatable bonds is 23. The fourth-order valence-electron chi connectivity index (χ4n) is 13.9. The zero-order chi connectivity index (χ0) is 92.4. The highest BCUT2D eigenvalue weighted by Crippen LogP contribution is 2.42. The molecule has 28 nitrogen and oxygen atoms in total. The number of likely N-dealkylation sites (tertiary alicyclic amines) is 2. The van der Waals surface area contributed by atoms with Crippen LogP contribution in [-0.4, -0.2) is 213 Å². The average molecular weight is 1890 g/mol. The number of amides is 4. The van der Waals surface area contributed by atoms with Crippen molar-refractivity contribution in [3.8, 4) is 69.0 Å². The Labute approximate surface area is 775 Å². The van der Waals surface area contributed by atoms with E-state index in [-0.39, 0.29) is 46.3 Å². The largest absolute Gasteiger partial charge is 0.496 e. The second-order valence-electron chi connectivity index (χ2n) is 30.8. The highest BCUT2D eigenvalue weighted by Gasteiger charge is 2.45. The molecule has 12 aromatic rings. The average Bonchev–Trinajstić information content (AvgIpc) is 1.70. The smallest absolute Gasteiger partial charge is 0.282 e. The third-order valence-corrected chi connectivity index (χ3v) is 23.2. The minimum Gasteiger partial charge on any atom is -0.496 e. The van der Waals surface area contributed by atoms with E-state index in [2.05, 4.69) is 52.7 Å². The minimum atomic E-state index is -2.72. The lowest BCUT2D eigenvalue weighted by Crippen LogP contribution is -2.61. The molecule has 38 heteroatoms. The standard InChI is InChI=1S/C23H24ClN5O3S.C23H23ClN4O3S.C23H22ClN3O4S.C22H18F3N3O3S/c1-28-7-9-29(10-8-28)23(33)27-18-4-3-14(11-17(18)24)32-20-5-6-26-19-13-21(31-2)16(22(25)30)12-15(19)20;1-28(2)22(29)16-11-15-19(12-21(16)30-3)25-9-8-20(15)31-14-6-7-18(17(24)10-14)27-23(32)26-13-4-5-13;1-23(29)11-27(12-23)21(32)7-13-3-4-14(8-17(13)24)31-19-5-6-26-18-10-20(30-2)16(22(25)28)9-15(18)19;1-30-19-9-16-13(8-14(19)21(26)29)17(4-5-27-16)31-18-3-2-12(6-15(18)23)7-20(32)28-10-22(24,25)11-28/h3-6,11-13H,7-10H2,1-2H3,(H2,25,30)(H,27,33);6-13H,4-5H2,1-3H3,(H2,26,27,32);3-6,8-10,29H,7,11-12H2,1-2H3,(H2,25,28);2-6,8-9H,7,10-11H2,1H3,(H2,26,29). The summed E-state index contributed by atoms with van der Waals surface area (Å²) in [6.07, 6.45) is 9.29. The molecular weight excluding hydrogens is 1800 g/mol. The number of thiocarbonyl (C=S) groups is 4. The first-order chi connectivity index (χ1) is 61.5. The molecule has 10 N–H and O–H groups in total. The topological polar surface area (TPSA) is 344 Å². The molecule has 0 atom stereocenters. The van der Waals surface area contributed by atoms with Crippen LogP contribution in [0, 0.1) is 5.82 Å². The summed E-state index contributed by atoms with van der Waals surface area (Å²) in [7, 11) is 11.3. The van der Waals surface area contributed by atoms with Gasteiger partial charge in [-0.15, -0.1) is 0 Å². The van der Waals surface area contributed by atoms with E-state index in [4.69, 9.17) is 139 Å². The predicted octanol–water partition coefficient (Wildman–Crippen LogP) is 16.4. The molecule has 1 saturated carbocycles. The van der Waals surface area contributed by atoms with Crippen molar-refractivity contribution >= 4 is 182 Å². The number of alkyl halides is 2. The Hall–Kier alpha value is -12.6. The Morgan fingerprint density at radius 1 is 0.488 bits per heavy atom. The number of carbonyl (C=O) groups is 4. The highest BCUT2D eigenvalue weighted by molar-refractivity contribution is 7.81. The number of piperazine rings is 1. The maximum Gasteiger partial charge on any atom is 0.282 e. The van der Waals surface area contributed by atoms with Crippen molar-refractivity contribution in [3.63, 3.8) is 0 Å². The number of nitrogens with zero attached hydrogens (tertiary/aromatic N) is 9. The molecule has 16 rings (SSSR count). The van der Waals surface area contributed by atoms with Gasteiger partial charge in [0.15, 0.2) is 21.8 Å². The van der Waals surface area contributed by atoms with Crippen LogP contribution in [0.3, 0.4) is 0 Å². The van der Waals surface area contributed by atoms with E-state index >= 15 is 0 Å². The van der Waals surface area contributed by atoms with E-state index in [1.165, 1.54) is 68.7 Å². The molecule has 4 aromatic heterocycles. The van der Waals surface area contributed by atoms with Crippen LogP contribution in [0.15, 0.2) is 170 Å². The number of fused-ring (bicyclic) bond motifs is 4. The van der Waals surface area contributed by atoms with E-state index in [0.29, 0.717) is 174 Å². The van der Waals surface area contributed by atoms with Crippen LogP contribution >= 0.6 is 83.7 Å². The molecule has 1 aliphatic carbocycles. The number of anilines is 2. The molecule has 670 valence electrons. The Bertz CT molecular complexity index is 6380. The van der Waals surface area contributed by atoms with Gasteiger partial charge in [-0.05, 0) is 159 Å². The third kappa shape index (κ3) is 23.3. The van der Waals surface area contributed by atoms with Gasteiger partial charge in [-0.3, -0.25) is 39.1 Å². The maximum absolute atomic E-state index is 14.7. The lowest BCUT2D eigenvalue weighted by Gasteiger charge is -2.45. The number of halogens is 6. The first kappa shape index (κ1) is 94.0. The fraction of sp³-hybridized carbons (Fsp3) is 0.253. The molecule has 0 bridgehead atoms. The zero-order valence-electron chi connectivity index (χ0n) is 70.7. The van der Waals surface area contributed by atoms with Crippen LogP contribution in [0.2, 0.25) is 15.1 Å². The lowest BCUT2D eigenvalue weighted by molar-refractivity contribution is -0.100. The number of ether oxygens (including phenoxy) is 8. The second-order valence-corrected chi connectivity index (χ2v) is 33.8. The molecule has 4 aliphatic rings. The van der Waals surface area contributed by atoms with Gasteiger partial charge < -0.3 is 101 Å². The molecule has 3 saturated heterocycles. The summed E-state index contributed by atoms with van der Waals surface area (Å²) < 4.78 is 85.8. The number of nitrogens with one attached hydrogen (secondary N) is 3. The number of aromatic nitrogens is 4. The Morgan fingerprint density at radius 3 is 1.27 bits per heavy atom. The van der Waals surface area contributed by atoms with Gasteiger partial charge in [0.2, 0.25) is 0 Å². The van der Waals surface area contributed by atoms with Crippen molar-refractivity contribution in [2.75, 3.05) is 113 Å². The Kier molecular flexibility index (Phi) is 29.8. The number of benzene rings is 8. The number of hydrogen-bond acceptors (Lipinski definition) is 22. The number of aliphatic hydroxyl groups is 1. The van der Waals surface area contributed by atoms with Gasteiger partial charge in [0.05, 0.1) is 123 Å². The molecule has 4 fully saturated rings. The molecule has 4 amide bonds. The quantitative estimate of drug-likeness (QED) is 0.0293. The van der Waals surface area contributed by atoms with Gasteiger partial charge in [-0.25, -0.2) is 13.2 Å². The van der Waals surface area contributed by atoms with Crippen molar-refractivity contribution in [2.45, 2.75) is 50.2 Å². The predicted molar refractivity (Wildman–Crippen MR) is 507 cm³/mol. The van der Waals surface area contributed by atoms with Crippen LogP contribution in [0.25, 0.3) is 43.6 Å². The first-order valence-corrected chi connectivity index (χ1v) is 42.6. The van der Waals surface area contributed by atoms with Crippen LogP contribution in [0.5, 0.6) is 69.0 Å². The Balaban J connectivity index is 0.000000147. The normalized spacial score (nSPS) is 14.1. The van der Waals surface area contributed by atoms with E-state index < -0.39 is 48.2 Å². The molecule has 129 heavy (non-hydrogen) atoms. The number of pyridine rings is 4. The Morgan fingerprint density at radius 2 is 0.884 bits per heavy atom. The van der Waals surface area contributed by atoms with E-state index in [0.717, 1.165) is 49.6 Å². The summed E-state index contributed by atoms with van der Waals surface area (Å²) in [5, 5.41) is 24.5. The summed E-state index contributed by atoms with van der Waals surface area (Å²) in [6, 6.07) is 40.5. The number of primary amides is 3. The second kappa shape index (κ2) is 40.8. The number of hydrogen-bond donors (Lipinski definition) is 7. The van der Waals surface area contributed by atoms with Crippen molar-refractivity contribution in [1.82, 2.24) is 49.8 Å². The van der Waals surface area contributed by atoms with Crippen LogP contribution in [-0.2, 0) is 12.8 Å². The highest BCUT2D eigenvalue weighted by atomic mass is 35.5. The van der Waals surface area contributed by atoms with E-state index in [9.17, 15) is 37.5 Å². The molecule has 8 aromatic carbocycles. The maximum atomic E-state index is 14.7. The fourth-order valence-corrected chi connectivity index (χ4v) is 15.7. The summed E-state index contributed by atoms with van der Waals surface area (Å²) in [4.78, 5) is 75.6. The van der Waals surface area contributed by atoms with Gasteiger partial charge in [0.25, 0.3) is 29.6 Å². The lowest BCUT2D eigenvalue weighted by atomic mass is 9.96. The molecule has 0 radical (unpaired) electrons. The van der Waals surface area contributed by atoms with Gasteiger partial charge in [-0.2, -0.15) is 0 Å². The number of nitrogens with two attached hydrogens (primary N) is 3. The minimum absolute atomic E-state index is 0.0564. The molecule has 7 heterocycles. The summed E-state index contributed by atoms with van der Waals surface area (Å²) in [6.45, 7) is 5.68. The summed E-state index contributed by atoms with van der Waals surface area (Å²) in [5.74, 6) is -0.638. The third-order valence-electron chi connectivity index (χ3n) is 20.8. The van der Waals surface area contributed by atoms with Gasteiger partial charge in [0.1, 0.15) is 63.2 Å². The first-order valence-electron chi connectivity index (χ1n) is 39.9. The number of methoxy groups -OCH3 is 4. The van der Waals surface area contributed by atoms with Crippen molar-refractivity contribution in [3.05, 3.63) is 225 Å². The van der Waals surface area contributed by atoms with Crippen LogP contribution in [0.1, 0.15) is 72.3 Å². The summed E-state index contributed by atoms with van der Waals surface area (Å²) in [5.41, 5.74) is 21.9. The molecule has 0 spiro atoms. The van der Waals surface area contributed by atoms with E-state index in [1.807, 2.05) is 23.1 Å². The molecule has 0 unspecified atom stereocenters. The van der Waals surface area contributed by atoms with Gasteiger partial charge in [0, 0.05) is 160 Å².